The Hall–Kier alpha value is -6.38. The van der Waals surface area contributed by atoms with Gasteiger partial charge in [-0.1, -0.05) is 158 Å². The van der Waals surface area contributed by atoms with Crippen LogP contribution in [0, 0.1) is 0 Å². The minimum atomic E-state index is -0.340. The van der Waals surface area contributed by atoms with Gasteiger partial charge in [-0.3, -0.25) is 9.69 Å². The van der Waals surface area contributed by atoms with Crippen LogP contribution in [0.25, 0.3) is 39.0 Å². The van der Waals surface area contributed by atoms with Gasteiger partial charge in [0.25, 0.3) is 0 Å². The Morgan fingerprint density at radius 3 is 1.29 bits per heavy atom. The number of allylic oxidation sites excluding steroid dienone is 5. The van der Waals surface area contributed by atoms with E-state index in [-0.39, 0.29) is 10.8 Å². The largest absolute Gasteiger partial charge is 0.292 e. The van der Waals surface area contributed by atoms with Crippen molar-refractivity contribution in [1.82, 2.24) is 4.68 Å². The topological polar surface area (TPSA) is 8.17 Å². The summed E-state index contributed by atoms with van der Waals surface area (Å²) in [4.78, 5) is 0. The molecule has 2 heteroatoms. The van der Waals surface area contributed by atoms with Crippen molar-refractivity contribution in [3.05, 3.63) is 232 Å². The molecule has 4 aliphatic rings. The summed E-state index contributed by atoms with van der Waals surface area (Å²) in [6.07, 6.45) is 13.7. The molecule has 7 aromatic rings. The fraction of sp³-hybridized carbons (Fsp3) is 0.0800. The van der Waals surface area contributed by atoms with E-state index in [4.69, 9.17) is 0 Å². The minimum absolute atomic E-state index is 0.332. The number of benzene rings is 6. The van der Waals surface area contributed by atoms with Gasteiger partial charge in [-0.15, -0.1) is 0 Å². The highest BCUT2D eigenvalue weighted by molar-refractivity contribution is 6.00. The third-order valence-electron chi connectivity index (χ3n) is 12.3. The van der Waals surface area contributed by atoms with Crippen LogP contribution in [0.4, 0.5) is 0 Å². The first-order valence-electron chi connectivity index (χ1n) is 18.3. The van der Waals surface area contributed by atoms with Gasteiger partial charge in [-0.2, -0.15) is 0 Å². The zero-order valence-corrected chi connectivity index (χ0v) is 29.2. The normalized spacial score (nSPS) is 17.3. The Bertz CT molecular complexity index is 2640. The van der Waals surface area contributed by atoms with Crippen molar-refractivity contribution in [3.63, 3.8) is 0 Å². The summed E-state index contributed by atoms with van der Waals surface area (Å²) >= 11 is 0. The van der Waals surface area contributed by atoms with Crippen molar-refractivity contribution < 1.29 is 0 Å². The second-order valence-corrected chi connectivity index (χ2v) is 14.4. The van der Waals surface area contributed by atoms with Crippen molar-refractivity contribution in [2.24, 2.45) is 0 Å². The molecule has 0 atom stereocenters. The van der Waals surface area contributed by atoms with Crippen LogP contribution in [0.5, 0.6) is 0 Å². The second-order valence-electron chi connectivity index (χ2n) is 14.4. The lowest BCUT2D eigenvalue weighted by molar-refractivity contribution is 0.742. The van der Waals surface area contributed by atoms with E-state index in [1.165, 1.54) is 89.0 Å². The molecule has 0 radical (unpaired) electrons. The number of hydrogen-bond acceptors (Lipinski definition) is 1. The molecule has 2 spiro atoms. The smallest absolute Gasteiger partial charge is 0.0741 e. The zero-order valence-electron chi connectivity index (χ0n) is 29.2. The Morgan fingerprint density at radius 2 is 0.827 bits per heavy atom. The average Bonchev–Trinajstić information content (AvgIpc) is 3.97. The molecule has 4 aliphatic carbocycles. The van der Waals surface area contributed by atoms with E-state index in [1.807, 2.05) is 0 Å². The second kappa shape index (κ2) is 10.6. The van der Waals surface area contributed by atoms with Gasteiger partial charge in [0.2, 0.25) is 0 Å². The van der Waals surface area contributed by atoms with Gasteiger partial charge in [0.1, 0.15) is 0 Å². The van der Waals surface area contributed by atoms with Gasteiger partial charge in [0, 0.05) is 31.2 Å². The van der Waals surface area contributed by atoms with Gasteiger partial charge in [-0.05, 0) is 96.5 Å². The van der Waals surface area contributed by atoms with Crippen LogP contribution in [-0.4, -0.2) is 11.7 Å². The summed E-state index contributed by atoms with van der Waals surface area (Å²) < 4.78 is 2.25. The fourth-order valence-corrected chi connectivity index (χ4v) is 10.4. The Morgan fingerprint density at radius 1 is 0.442 bits per heavy atom. The molecule has 6 aromatic carbocycles. The number of rotatable bonds is 3. The molecule has 0 saturated carbocycles. The molecular weight excluding hydrogens is 629 g/mol. The molecule has 0 amide bonds. The van der Waals surface area contributed by atoms with Gasteiger partial charge < -0.3 is 0 Å². The summed E-state index contributed by atoms with van der Waals surface area (Å²) in [5, 5.41) is 2.20. The van der Waals surface area contributed by atoms with E-state index in [9.17, 15) is 0 Å². The summed E-state index contributed by atoms with van der Waals surface area (Å²) in [7, 11) is 2.14. The first-order chi connectivity index (χ1) is 25.7. The zero-order chi connectivity index (χ0) is 34.6. The van der Waals surface area contributed by atoms with Crippen molar-refractivity contribution in [3.8, 4) is 33.4 Å². The summed E-state index contributed by atoms with van der Waals surface area (Å²) in [6, 6.07) is 53.9. The maximum Gasteiger partial charge on any atom is 0.0741 e. The van der Waals surface area contributed by atoms with Gasteiger partial charge in [-0.25, -0.2) is 0 Å². The lowest BCUT2D eigenvalue weighted by atomic mass is 9.70. The third-order valence-corrected chi connectivity index (χ3v) is 12.3. The molecule has 52 heavy (non-hydrogen) atoms. The molecule has 0 saturated heterocycles. The molecule has 246 valence electrons. The van der Waals surface area contributed by atoms with E-state index in [2.05, 4.69) is 206 Å². The van der Waals surface area contributed by atoms with E-state index >= 15 is 0 Å². The first-order valence-corrected chi connectivity index (χ1v) is 18.3. The Balaban J connectivity index is 1.02. The monoisotopic (exact) mass is 664 g/mol. The molecule has 1 heterocycles. The van der Waals surface area contributed by atoms with Crippen LogP contribution >= 0.6 is 0 Å². The molecule has 1 aromatic heterocycles. The molecule has 11 rings (SSSR count). The molecular formula is C50H36N2. The van der Waals surface area contributed by atoms with Crippen LogP contribution in [0.2, 0.25) is 0 Å². The molecule has 0 aliphatic heterocycles. The molecule has 0 fully saturated rings. The predicted molar refractivity (Wildman–Crippen MR) is 214 cm³/mol. The summed E-state index contributed by atoms with van der Waals surface area (Å²) in [5.74, 6) is 0. The summed E-state index contributed by atoms with van der Waals surface area (Å²) in [5.41, 5.74) is 20.7. The maximum absolute atomic E-state index is 2.36. The quantitative estimate of drug-likeness (QED) is 0.182. The Labute approximate surface area is 304 Å². The van der Waals surface area contributed by atoms with Crippen LogP contribution < -0.4 is 5.01 Å². The number of aromatic nitrogens is 1. The van der Waals surface area contributed by atoms with Gasteiger partial charge in [0.05, 0.1) is 10.8 Å². The van der Waals surface area contributed by atoms with Crippen molar-refractivity contribution >= 4 is 5.57 Å². The highest BCUT2D eigenvalue weighted by atomic mass is 15.5. The van der Waals surface area contributed by atoms with E-state index in [0.29, 0.717) is 0 Å². The standard InChI is InChI=1S/C50H36N2/c1-3-41-33(34-17-4-10-24-42(34)49(41)43-25-11-5-18-35(43)36-19-6-12-26-44(36)49)23-16-30-51(2)52-31-40-39-22-9-15-29-47(39)50(48(40)32-52)45-27-13-7-20-37(45)38-21-8-14-28-46(38)50/h3-32H,1-2H3/b30-16+,33-23-,41-3+. The van der Waals surface area contributed by atoms with Crippen LogP contribution in [0.1, 0.15) is 51.4 Å². The molecule has 0 unspecified atom stereocenters. The molecule has 0 bridgehead atoms. The lowest BCUT2D eigenvalue weighted by Crippen LogP contribution is -2.27. The highest BCUT2D eigenvalue weighted by Crippen LogP contribution is 2.64. The van der Waals surface area contributed by atoms with Crippen LogP contribution in [0.15, 0.2) is 188 Å². The van der Waals surface area contributed by atoms with E-state index < -0.39 is 0 Å². The highest BCUT2D eigenvalue weighted by Gasteiger charge is 2.54. The third kappa shape index (κ3) is 3.45. The summed E-state index contributed by atoms with van der Waals surface area (Å²) in [6.45, 7) is 2.20. The minimum Gasteiger partial charge on any atom is -0.292 e. The van der Waals surface area contributed by atoms with Crippen LogP contribution in [0.3, 0.4) is 0 Å². The van der Waals surface area contributed by atoms with Crippen molar-refractivity contribution in [2.75, 3.05) is 12.1 Å². The molecule has 2 nitrogen and oxygen atoms in total. The van der Waals surface area contributed by atoms with Gasteiger partial charge >= 0.3 is 0 Å². The predicted octanol–water partition coefficient (Wildman–Crippen LogP) is 11.3. The number of fused-ring (bicyclic) bond motifs is 17. The fourth-order valence-electron chi connectivity index (χ4n) is 10.4. The van der Waals surface area contributed by atoms with Crippen molar-refractivity contribution in [1.29, 1.82) is 0 Å². The SMILES string of the molecule is C\C=C1/C(=C\C=C\N(C)n2cc3c(c2)C2(c4ccccc4-c4ccccc42)c2ccccc2-3)c2ccccc2C12c1ccccc1-c1ccccc12. The van der Waals surface area contributed by atoms with Crippen LogP contribution in [-0.2, 0) is 10.8 Å². The molecule has 0 N–H and O–H groups in total. The average molecular weight is 665 g/mol. The number of hydrogen-bond donors (Lipinski definition) is 0. The van der Waals surface area contributed by atoms with Gasteiger partial charge in [0.15, 0.2) is 0 Å². The van der Waals surface area contributed by atoms with Crippen molar-refractivity contribution in [2.45, 2.75) is 17.8 Å². The van der Waals surface area contributed by atoms with E-state index in [1.54, 1.807) is 0 Å². The number of nitrogens with zero attached hydrogens (tertiary/aromatic N) is 2. The maximum atomic E-state index is 2.36. The first kappa shape index (κ1) is 29.4. The Kier molecular flexibility index (Phi) is 5.97. The lowest BCUT2D eigenvalue weighted by Gasteiger charge is -2.30. The van der Waals surface area contributed by atoms with E-state index in [0.717, 1.165) is 0 Å².